The molecule has 1 N–H and O–H groups in total. The number of esters is 1. The number of sulfonamides is 1. The molecule has 2 rings (SSSR count). The molecule has 0 aromatic heterocycles. The maximum Gasteiger partial charge on any atom is 0.324 e. The van der Waals surface area contributed by atoms with Gasteiger partial charge in [0.25, 0.3) is 5.91 Å². The summed E-state index contributed by atoms with van der Waals surface area (Å²) < 4.78 is 31.8. The minimum Gasteiger partial charge on any atom is -0.454 e. The second-order valence-corrected chi connectivity index (χ2v) is 8.70. The zero-order valence-corrected chi connectivity index (χ0v) is 16.9. The number of carbonyl (C=O) groups is 2. The van der Waals surface area contributed by atoms with Gasteiger partial charge in [-0.25, -0.2) is 8.42 Å². The molecule has 0 bridgehead atoms. The van der Waals surface area contributed by atoms with E-state index in [2.05, 4.69) is 4.72 Å². The summed E-state index contributed by atoms with van der Waals surface area (Å²) in [5, 5.41) is 0.407. The first-order valence-electron chi connectivity index (χ1n) is 9.02. The fourth-order valence-corrected chi connectivity index (χ4v) is 4.13. The molecule has 1 heterocycles. The minimum absolute atomic E-state index is 0.0109. The summed E-state index contributed by atoms with van der Waals surface area (Å²) in [6, 6.07) is 4.45. The van der Waals surface area contributed by atoms with E-state index < -0.39 is 22.0 Å². The topological polar surface area (TPSA) is 92.8 Å². The van der Waals surface area contributed by atoms with E-state index in [1.807, 2.05) is 0 Å². The molecule has 0 saturated carbocycles. The van der Waals surface area contributed by atoms with Crippen LogP contribution in [0.2, 0.25) is 5.02 Å². The van der Waals surface area contributed by atoms with Gasteiger partial charge in [0.2, 0.25) is 10.0 Å². The highest BCUT2D eigenvalue weighted by Crippen LogP contribution is 2.14. The molecule has 7 nitrogen and oxygen atoms in total. The fourth-order valence-electron chi connectivity index (χ4n) is 2.81. The molecular formula is C18H25ClN2O5S. The first kappa shape index (κ1) is 21.7. The largest absolute Gasteiger partial charge is 0.454 e. The molecule has 9 heteroatoms. The van der Waals surface area contributed by atoms with E-state index in [1.54, 1.807) is 4.90 Å². The normalized spacial score (nSPS) is 16.9. The molecule has 1 saturated heterocycles. The Morgan fingerprint density at radius 2 is 1.67 bits per heavy atom. The van der Waals surface area contributed by atoms with Crippen LogP contribution in [0, 0.1) is 0 Å². The minimum atomic E-state index is -3.89. The molecule has 1 aromatic carbocycles. The smallest absolute Gasteiger partial charge is 0.324 e. The second-order valence-electron chi connectivity index (χ2n) is 6.55. The van der Waals surface area contributed by atoms with Gasteiger partial charge in [0, 0.05) is 18.1 Å². The molecule has 1 atom stereocenters. The Balaban J connectivity index is 1.85. The van der Waals surface area contributed by atoms with E-state index in [0.29, 0.717) is 18.1 Å². The van der Waals surface area contributed by atoms with Crippen molar-refractivity contribution in [2.45, 2.75) is 50.0 Å². The van der Waals surface area contributed by atoms with Gasteiger partial charge >= 0.3 is 5.97 Å². The second kappa shape index (κ2) is 10.1. The molecular weight excluding hydrogens is 392 g/mol. The summed E-state index contributed by atoms with van der Waals surface area (Å²) in [5.74, 6) is -1.05. The number of ether oxygens (including phenoxy) is 1. The number of halogens is 1. The number of likely N-dealkylation sites (tertiary alicyclic amines) is 1. The Hall–Kier alpha value is -1.64. The van der Waals surface area contributed by atoms with Crippen molar-refractivity contribution >= 4 is 33.5 Å². The monoisotopic (exact) mass is 416 g/mol. The molecule has 1 aromatic rings. The highest BCUT2D eigenvalue weighted by atomic mass is 35.5. The maximum absolute atomic E-state index is 12.3. The summed E-state index contributed by atoms with van der Waals surface area (Å²) in [6.45, 7) is 2.31. The summed E-state index contributed by atoms with van der Waals surface area (Å²) >= 11 is 5.75. The molecule has 1 fully saturated rings. The lowest BCUT2D eigenvalue weighted by atomic mass is 10.1. The Morgan fingerprint density at radius 1 is 1.11 bits per heavy atom. The van der Waals surface area contributed by atoms with Crippen LogP contribution in [0.3, 0.4) is 0 Å². The lowest BCUT2D eigenvalue weighted by Gasteiger charge is -2.24. The molecule has 0 aliphatic carbocycles. The maximum atomic E-state index is 12.3. The number of nitrogens with one attached hydrogen (secondary N) is 1. The number of amides is 1. The third-order valence-electron chi connectivity index (χ3n) is 4.36. The third kappa shape index (κ3) is 6.79. The number of rotatable bonds is 6. The SMILES string of the molecule is C[C@H](NS(=O)(=O)c1ccc(Cl)cc1)C(=O)OCC(=O)N1CCCCCCC1. The van der Waals surface area contributed by atoms with E-state index in [1.165, 1.54) is 37.6 Å². The molecule has 0 unspecified atom stereocenters. The Morgan fingerprint density at radius 3 is 2.26 bits per heavy atom. The molecule has 1 amide bonds. The number of benzene rings is 1. The molecule has 0 spiro atoms. The molecule has 1 aliphatic heterocycles. The zero-order chi connectivity index (χ0) is 19.9. The van der Waals surface area contributed by atoms with Crippen molar-refractivity contribution in [3.05, 3.63) is 29.3 Å². The first-order valence-corrected chi connectivity index (χ1v) is 10.9. The highest BCUT2D eigenvalue weighted by molar-refractivity contribution is 7.89. The van der Waals surface area contributed by atoms with Crippen molar-refractivity contribution < 1.29 is 22.7 Å². The van der Waals surface area contributed by atoms with Crippen LogP contribution in [0.1, 0.15) is 39.0 Å². The summed E-state index contributed by atoms with van der Waals surface area (Å²) in [6.07, 6.45) is 5.25. The average Bonchev–Trinajstić information content (AvgIpc) is 2.59. The average molecular weight is 417 g/mol. The Bertz CT molecular complexity index is 744. The summed E-state index contributed by atoms with van der Waals surface area (Å²) in [4.78, 5) is 26.0. The van der Waals surface area contributed by atoms with Crippen molar-refractivity contribution in [2.24, 2.45) is 0 Å². The highest BCUT2D eigenvalue weighted by Gasteiger charge is 2.24. The van der Waals surface area contributed by atoms with Gasteiger partial charge in [-0.3, -0.25) is 9.59 Å². The first-order chi connectivity index (χ1) is 12.8. The van der Waals surface area contributed by atoms with Crippen LogP contribution in [0.25, 0.3) is 0 Å². The van der Waals surface area contributed by atoms with Gasteiger partial charge in [0.1, 0.15) is 6.04 Å². The van der Waals surface area contributed by atoms with Crippen molar-refractivity contribution in [1.29, 1.82) is 0 Å². The number of nitrogens with zero attached hydrogens (tertiary/aromatic N) is 1. The quantitative estimate of drug-likeness (QED) is 0.718. The van der Waals surface area contributed by atoms with E-state index in [-0.39, 0.29) is 17.4 Å². The standard InChI is InChI=1S/C18H25ClN2O5S/c1-14(20-27(24,25)16-9-7-15(19)8-10-16)18(23)26-13-17(22)21-11-5-3-2-4-6-12-21/h7-10,14,20H,2-6,11-13H2,1H3/t14-/m0/s1. The van der Waals surface area contributed by atoms with Gasteiger partial charge in [0.15, 0.2) is 6.61 Å². The van der Waals surface area contributed by atoms with Gasteiger partial charge in [0.05, 0.1) is 4.90 Å². The van der Waals surface area contributed by atoms with E-state index in [9.17, 15) is 18.0 Å². The van der Waals surface area contributed by atoms with E-state index in [0.717, 1.165) is 25.7 Å². The lowest BCUT2D eigenvalue weighted by Crippen LogP contribution is -2.42. The summed E-state index contributed by atoms with van der Waals surface area (Å²) in [5.41, 5.74) is 0. The van der Waals surface area contributed by atoms with Crippen molar-refractivity contribution in [3.63, 3.8) is 0 Å². The molecule has 150 valence electrons. The Kier molecular flexibility index (Phi) is 8.07. The van der Waals surface area contributed by atoms with E-state index >= 15 is 0 Å². The zero-order valence-electron chi connectivity index (χ0n) is 15.3. The van der Waals surface area contributed by atoms with Crippen LogP contribution < -0.4 is 4.72 Å². The predicted molar refractivity (Wildman–Crippen MR) is 102 cm³/mol. The molecule has 1 aliphatic rings. The van der Waals surface area contributed by atoms with Crippen LogP contribution >= 0.6 is 11.6 Å². The van der Waals surface area contributed by atoms with Gasteiger partial charge in [-0.15, -0.1) is 0 Å². The number of carbonyl (C=O) groups excluding carboxylic acids is 2. The third-order valence-corrected chi connectivity index (χ3v) is 6.16. The molecule has 0 radical (unpaired) electrons. The fraction of sp³-hybridized carbons (Fsp3) is 0.556. The van der Waals surface area contributed by atoms with Crippen LogP contribution in [0.5, 0.6) is 0 Å². The Labute approximate surface area is 165 Å². The van der Waals surface area contributed by atoms with E-state index in [4.69, 9.17) is 16.3 Å². The number of hydrogen-bond acceptors (Lipinski definition) is 5. The van der Waals surface area contributed by atoms with Crippen LogP contribution in [0.15, 0.2) is 29.2 Å². The van der Waals surface area contributed by atoms with Gasteiger partial charge < -0.3 is 9.64 Å². The van der Waals surface area contributed by atoms with Crippen LogP contribution in [-0.2, 0) is 24.3 Å². The van der Waals surface area contributed by atoms with Crippen molar-refractivity contribution in [3.8, 4) is 0 Å². The number of hydrogen-bond donors (Lipinski definition) is 1. The van der Waals surface area contributed by atoms with Gasteiger partial charge in [-0.2, -0.15) is 4.72 Å². The summed E-state index contributed by atoms with van der Waals surface area (Å²) in [7, 11) is -3.89. The van der Waals surface area contributed by atoms with Crippen molar-refractivity contribution in [2.75, 3.05) is 19.7 Å². The van der Waals surface area contributed by atoms with Crippen LogP contribution in [-0.4, -0.2) is 50.9 Å². The van der Waals surface area contributed by atoms with Crippen LogP contribution in [0.4, 0.5) is 0 Å². The lowest BCUT2D eigenvalue weighted by molar-refractivity contribution is -0.153. The van der Waals surface area contributed by atoms with Gasteiger partial charge in [-0.1, -0.05) is 30.9 Å². The van der Waals surface area contributed by atoms with Gasteiger partial charge in [-0.05, 0) is 44.0 Å². The molecule has 27 heavy (non-hydrogen) atoms. The van der Waals surface area contributed by atoms with Crippen molar-refractivity contribution in [1.82, 2.24) is 9.62 Å². The predicted octanol–water partition coefficient (Wildman–Crippen LogP) is 2.34.